The Balaban J connectivity index is 3.23. The van der Waals surface area contributed by atoms with E-state index in [1.54, 1.807) is 0 Å². The molecule has 1 aromatic carbocycles. The maximum Gasteiger partial charge on any atom is 0.202 e. The molecule has 0 aromatic heterocycles. The van der Waals surface area contributed by atoms with Crippen molar-refractivity contribution < 1.29 is 22.5 Å². The maximum atomic E-state index is 12.8. The summed E-state index contributed by atoms with van der Waals surface area (Å²) in [6.45, 7) is 0. The molecule has 0 unspecified atom stereocenters. The van der Waals surface area contributed by atoms with E-state index in [-0.39, 0.29) is 0 Å². The predicted octanol–water partition coefficient (Wildman–Crippen LogP) is 2.55. The Labute approximate surface area is 71.2 Å². The molecule has 0 aliphatic rings. The lowest BCUT2D eigenvalue weighted by molar-refractivity contribution is 0.229. The molecule has 6 heteroatoms. The summed E-state index contributed by atoms with van der Waals surface area (Å²) in [4.78, 5) is 0. The van der Waals surface area contributed by atoms with Gasteiger partial charge in [-0.25, -0.2) is 4.39 Å². The van der Waals surface area contributed by atoms with Crippen LogP contribution < -0.4 is 10.1 Å². The molecule has 0 fully saturated rings. The first-order valence-corrected chi connectivity index (χ1v) is 3.21. The average molecular weight is 195 g/mol. The molecule has 0 atom stereocenters. The van der Waals surface area contributed by atoms with Crippen molar-refractivity contribution in [3.05, 3.63) is 23.8 Å². The van der Waals surface area contributed by atoms with Gasteiger partial charge in [-0.2, -0.15) is 4.39 Å². The number of halogens is 4. The highest BCUT2D eigenvalue weighted by Gasteiger charge is 2.18. The fourth-order valence-electron chi connectivity index (χ4n) is 0.810. The van der Waals surface area contributed by atoms with Gasteiger partial charge in [0.2, 0.25) is 5.82 Å². The van der Waals surface area contributed by atoms with Crippen LogP contribution in [-0.2, 0) is 0 Å². The molecule has 0 bridgehead atoms. The highest BCUT2D eigenvalue weighted by molar-refractivity contribution is 5.47. The molecule has 0 saturated carbocycles. The van der Waals surface area contributed by atoms with Crippen LogP contribution in [0.5, 0.6) is 5.75 Å². The number of benzene rings is 1. The van der Waals surface area contributed by atoms with Crippen LogP contribution in [0, 0.1) is 11.6 Å². The Morgan fingerprint density at radius 3 is 2.23 bits per heavy atom. The minimum atomic E-state index is -1.63. The van der Waals surface area contributed by atoms with Gasteiger partial charge in [0.05, 0.1) is 7.11 Å². The standard InChI is InChI=1S/C7H5F4NO/c1-13-5-3-2-4(12(10)11)6(8)7(5)9/h2-3H,1H3. The lowest BCUT2D eigenvalue weighted by Crippen LogP contribution is -2.02. The molecule has 0 saturated heterocycles. The van der Waals surface area contributed by atoms with E-state index in [1.165, 1.54) is 0 Å². The fourth-order valence-corrected chi connectivity index (χ4v) is 0.810. The topological polar surface area (TPSA) is 12.5 Å². The quantitative estimate of drug-likeness (QED) is 0.531. The Hall–Kier alpha value is -1.46. The van der Waals surface area contributed by atoms with Gasteiger partial charge in [0, 0.05) is 0 Å². The van der Waals surface area contributed by atoms with Crippen molar-refractivity contribution in [2.75, 3.05) is 12.5 Å². The van der Waals surface area contributed by atoms with Crippen molar-refractivity contribution in [2.45, 2.75) is 0 Å². The Morgan fingerprint density at radius 1 is 1.15 bits per heavy atom. The number of methoxy groups -OCH3 is 1. The van der Waals surface area contributed by atoms with Gasteiger partial charge in [-0.05, 0) is 17.5 Å². The van der Waals surface area contributed by atoms with Crippen LogP contribution in [0.4, 0.5) is 23.4 Å². The zero-order valence-electron chi connectivity index (χ0n) is 6.52. The van der Waals surface area contributed by atoms with E-state index in [1.807, 2.05) is 0 Å². The number of hydrogen-bond donors (Lipinski definition) is 0. The lowest BCUT2D eigenvalue weighted by atomic mass is 10.3. The molecule has 0 heterocycles. The molecular weight excluding hydrogens is 190 g/mol. The minimum Gasteiger partial charge on any atom is -0.494 e. The second-order valence-electron chi connectivity index (χ2n) is 2.15. The maximum absolute atomic E-state index is 12.8. The summed E-state index contributed by atoms with van der Waals surface area (Å²) in [6, 6.07) is 1.64. The number of ether oxygens (including phenoxy) is 1. The highest BCUT2D eigenvalue weighted by atomic mass is 19.4. The van der Waals surface area contributed by atoms with Crippen LogP contribution in [-0.4, -0.2) is 7.11 Å². The van der Waals surface area contributed by atoms with Crippen molar-refractivity contribution in [3.8, 4) is 5.75 Å². The van der Waals surface area contributed by atoms with Gasteiger partial charge in [-0.1, -0.05) is 8.96 Å². The van der Waals surface area contributed by atoms with Crippen molar-refractivity contribution in [2.24, 2.45) is 0 Å². The summed E-state index contributed by atoms with van der Waals surface area (Å²) in [5.41, 5.74) is -1.13. The van der Waals surface area contributed by atoms with Crippen molar-refractivity contribution >= 4 is 5.69 Å². The molecular formula is C7H5F4NO. The number of rotatable bonds is 2. The van der Waals surface area contributed by atoms with Crippen LogP contribution in [0.1, 0.15) is 0 Å². The van der Waals surface area contributed by atoms with Crippen LogP contribution in [0.25, 0.3) is 0 Å². The molecule has 0 amide bonds. The lowest BCUT2D eigenvalue weighted by Gasteiger charge is -2.06. The molecule has 72 valence electrons. The number of hydrogen-bond acceptors (Lipinski definition) is 2. The summed E-state index contributed by atoms with van der Waals surface area (Å²) in [5, 5.41) is -1.50. The third-order valence-electron chi connectivity index (χ3n) is 1.43. The second-order valence-corrected chi connectivity index (χ2v) is 2.15. The number of nitrogens with zero attached hydrogens (tertiary/aromatic N) is 1. The Morgan fingerprint density at radius 2 is 1.77 bits per heavy atom. The summed E-state index contributed by atoms with van der Waals surface area (Å²) >= 11 is 0. The molecule has 0 aliphatic heterocycles. The Kier molecular flexibility index (Phi) is 2.60. The molecule has 0 aliphatic carbocycles. The first-order valence-electron chi connectivity index (χ1n) is 3.21. The van der Waals surface area contributed by atoms with Crippen LogP contribution in [0.3, 0.4) is 0 Å². The van der Waals surface area contributed by atoms with E-state index >= 15 is 0 Å². The van der Waals surface area contributed by atoms with Crippen molar-refractivity contribution in [3.63, 3.8) is 0 Å². The van der Waals surface area contributed by atoms with Gasteiger partial charge >= 0.3 is 0 Å². The SMILES string of the molecule is COc1ccc(N(F)F)c(F)c1F. The summed E-state index contributed by atoms with van der Waals surface area (Å²) in [6.07, 6.45) is 0. The zero-order chi connectivity index (χ0) is 10.0. The first kappa shape index (κ1) is 9.63. The van der Waals surface area contributed by atoms with E-state index in [4.69, 9.17) is 0 Å². The van der Waals surface area contributed by atoms with E-state index in [0.717, 1.165) is 19.2 Å². The molecule has 2 nitrogen and oxygen atoms in total. The second kappa shape index (κ2) is 3.51. The first-order chi connectivity index (χ1) is 6.07. The largest absolute Gasteiger partial charge is 0.494 e. The van der Waals surface area contributed by atoms with Crippen molar-refractivity contribution in [1.82, 2.24) is 0 Å². The highest BCUT2D eigenvalue weighted by Crippen LogP contribution is 2.28. The fraction of sp³-hybridized carbons (Fsp3) is 0.143. The molecule has 0 spiro atoms. The van der Waals surface area contributed by atoms with Crippen molar-refractivity contribution in [1.29, 1.82) is 0 Å². The Bertz CT molecular complexity index is 316. The van der Waals surface area contributed by atoms with Crippen LogP contribution >= 0.6 is 0 Å². The molecule has 13 heavy (non-hydrogen) atoms. The summed E-state index contributed by atoms with van der Waals surface area (Å²) < 4.78 is 53.5. The molecule has 1 rings (SSSR count). The van der Waals surface area contributed by atoms with Crippen LogP contribution in [0.15, 0.2) is 12.1 Å². The van der Waals surface area contributed by atoms with Gasteiger partial charge < -0.3 is 4.74 Å². The molecule has 0 radical (unpaired) electrons. The van der Waals surface area contributed by atoms with E-state index in [2.05, 4.69) is 4.74 Å². The number of anilines is 1. The normalized spacial score (nSPS) is 9.92. The third kappa shape index (κ3) is 1.66. The van der Waals surface area contributed by atoms with Gasteiger partial charge in [0.15, 0.2) is 11.6 Å². The smallest absolute Gasteiger partial charge is 0.202 e. The van der Waals surface area contributed by atoms with E-state index in [9.17, 15) is 17.7 Å². The van der Waals surface area contributed by atoms with E-state index in [0.29, 0.717) is 0 Å². The van der Waals surface area contributed by atoms with Gasteiger partial charge in [-0.15, -0.1) is 0 Å². The average Bonchev–Trinajstić information content (AvgIpc) is 2.09. The zero-order valence-corrected chi connectivity index (χ0v) is 6.52. The van der Waals surface area contributed by atoms with E-state index < -0.39 is 28.4 Å². The monoisotopic (exact) mass is 195 g/mol. The summed E-state index contributed by atoms with van der Waals surface area (Å²) in [7, 11) is 1.11. The predicted molar refractivity (Wildman–Crippen MR) is 37.6 cm³/mol. The summed E-state index contributed by atoms with van der Waals surface area (Å²) in [5.74, 6) is -3.48. The van der Waals surface area contributed by atoms with Crippen LogP contribution in [0.2, 0.25) is 0 Å². The minimum absolute atomic E-state index is 0.414. The molecule has 1 aromatic rings. The molecule has 0 N–H and O–H groups in total. The third-order valence-corrected chi connectivity index (χ3v) is 1.43. The van der Waals surface area contributed by atoms with Gasteiger partial charge in [0.1, 0.15) is 5.69 Å². The van der Waals surface area contributed by atoms with Gasteiger partial charge in [0.25, 0.3) is 0 Å². The van der Waals surface area contributed by atoms with Gasteiger partial charge in [-0.3, -0.25) is 0 Å².